The first-order chi connectivity index (χ1) is 14.9. The van der Waals surface area contributed by atoms with Crippen LogP contribution in [0.1, 0.15) is 16.1 Å². The molecular weight excluding hydrogens is 427 g/mol. The second-order valence-corrected chi connectivity index (χ2v) is 7.14. The number of hydrazone groups is 1. The standard InChI is InChI=1S/C20H13FN4O5S/c1-29-14-4-2-3-12(9-14)19(26)24(22-11-15-6-8-18(30-15)25(27)28)20-23-16-7-5-13(21)10-17(16)31-20/h2-11H,1H3/b22-11+. The maximum atomic E-state index is 13.6. The number of carbonyl (C=O) groups is 1. The van der Waals surface area contributed by atoms with Crippen LogP contribution >= 0.6 is 11.3 Å². The predicted molar refractivity (Wildman–Crippen MR) is 112 cm³/mol. The van der Waals surface area contributed by atoms with Gasteiger partial charge in [0.2, 0.25) is 5.13 Å². The number of ether oxygens (including phenoxy) is 1. The van der Waals surface area contributed by atoms with Crippen molar-refractivity contribution in [2.24, 2.45) is 5.10 Å². The molecule has 0 saturated heterocycles. The number of thiazole rings is 1. The summed E-state index contributed by atoms with van der Waals surface area (Å²) in [5.74, 6) is -0.872. The molecule has 0 unspecified atom stereocenters. The van der Waals surface area contributed by atoms with Crippen LogP contribution in [0.4, 0.5) is 15.4 Å². The van der Waals surface area contributed by atoms with Crippen molar-refractivity contribution in [1.82, 2.24) is 4.98 Å². The number of anilines is 1. The third kappa shape index (κ3) is 4.26. The van der Waals surface area contributed by atoms with Gasteiger partial charge in [0, 0.05) is 5.56 Å². The molecule has 4 rings (SSSR count). The van der Waals surface area contributed by atoms with Crippen molar-refractivity contribution < 1.29 is 23.3 Å². The van der Waals surface area contributed by atoms with Crippen LogP contribution in [-0.4, -0.2) is 29.1 Å². The maximum absolute atomic E-state index is 13.6. The Labute approximate surface area is 178 Å². The molecule has 31 heavy (non-hydrogen) atoms. The van der Waals surface area contributed by atoms with Gasteiger partial charge in [-0.15, -0.1) is 0 Å². The van der Waals surface area contributed by atoms with Gasteiger partial charge >= 0.3 is 5.88 Å². The highest BCUT2D eigenvalue weighted by atomic mass is 32.1. The molecule has 156 valence electrons. The van der Waals surface area contributed by atoms with Gasteiger partial charge in [0.1, 0.15) is 16.5 Å². The van der Waals surface area contributed by atoms with Gasteiger partial charge in [-0.3, -0.25) is 14.9 Å². The Morgan fingerprint density at radius 1 is 1.29 bits per heavy atom. The van der Waals surface area contributed by atoms with Gasteiger partial charge in [-0.1, -0.05) is 17.4 Å². The molecule has 0 fully saturated rings. The lowest BCUT2D eigenvalue weighted by molar-refractivity contribution is -0.402. The Morgan fingerprint density at radius 2 is 2.13 bits per heavy atom. The molecule has 1 amide bonds. The lowest BCUT2D eigenvalue weighted by Gasteiger charge is -2.14. The molecule has 2 heterocycles. The van der Waals surface area contributed by atoms with Gasteiger partial charge in [-0.2, -0.15) is 10.1 Å². The summed E-state index contributed by atoms with van der Waals surface area (Å²) in [5.41, 5.74) is 0.765. The Hall–Kier alpha value is -4.12. The number of halogens is 1. The molecule has 2 aromatic heterocycles. The number of aromatic nitrogens is 1. The van der Waals surface area contributed by atoms with E-state index in [1.807, 2.05) is 0 Å². The van der Waals surface area contributed by atoms with Crippen LogP contribution in [0.3, 0.4) is 0 Å². The number of rotatable bonds is 6. The molecule has 11 heteroatoms. The van der Waals surface area contributed by atoms with E-state index in [2.05, 4.69) is 10.1 Å². The summed E-state index contributed by atoms with van der Waals surface area (Å²) in [4.78, 5) is 27.7. The number of furan rings is 1. The Balaban J connectivity index is 1.75. The van der Waals surface area contributed by atoms with Crippen LogP contribution in [0.25, 0.3) is 10.2 Å². The molecule has 0 atom stereocenters. The number of fused-ring (bicyclic) bond motifs is 1. The van der Waals surface area contributed by atoms with Gasteiger partial charge in [0.25, 0.3) is 5.91 Å². The van der Waals surface area contributed by atoms with Crippen molar-refractivity contribution in [3.63, 3.8) is 0 Å². The smallest absolute Gasteiger partial charge is 0.433 e. The number of hydrogen-bond donors (Lipinski definition) is 0. The second-order valence-electron chi connectivity index (χ2n) is 6.14. The molecule has 0 aliphatic carbocycles. The molecule has 4 aromatic rings. The van der Waals surface area contributed by atoms with Gasteiger partial charge in [-0.05, 0) is 42.5 Å². The van der Waals surface area contributed by atoms with E-state index in [0.717, 1.165) is 22.6 Å². The number of amides is 1. The fourth-order valence-electron chi connectivity index (χ4n) is 2.67. The highest BCUT2D eigenvalue weighted by Gasteiger charge is 2.22. The summed E-state index contributed by atoms with van der Waals surface area (Å²) in [6, 6.07) is 13.1. The fraction of sp³-hybridized carbons (Fsp3) is 0.0500. The molecule has 0 aliphatic rings. The topological polar surface area (TPSA) is 111 Å². The van der Waals surface area contributed by atoms with Crippen molar-refractivity contribution in [2.45, 2.75) is 0 Å². The molecule has 0 aliphatic heterocycles. The second kappa shape index (κ2) is 8.32. The minimum atomic E-state index is -0.682. The Morgan fingerprint density at radius 3 is 2.87 bits per heavy atom. The van der Waals surface area contributed by atoms with E-state index < -0.39 is 22.5 Å². The van der Waals surface area contributed by atoms with E-state index in [1.54, 1.807) is 18.2 Å². The van der Waals surface area contributed by atoms with E-state index in [1.165, 1.54) is 43.5 Å². The normalized spacial score (nSPS) is 11.2. The SMILES string of the molecule is COc1cccc(C(=O)N(/N=C/c2ccc([N+](=O)[O-])o2)c2nc3ccc(F)cc3s2)c1. The third-order valence-corrected chi connectivity index (χ3v) is 5.12. The average molecular weight is 440 g/mol. The minimum absolute atomic E-state index is 0.0716. The van der Waals surface area contributed by atoms with Crippen LogP contribution in [0.15, 0.2) is 64.1 Å². The number of carbonyl (C=O) groups excluding carboxylic acids is 1. The molecule has 0 N–H and O–H groups in total. The molecule has 0 radical (unpaired) electrons. The average Bonchev–Trinajstić information content (AvgIpc) is 3.40. The van der Waals surface area contributed by atoms with Gasteiger partial charge in [0.15, 0.2) is 5.76 Å². The van der Waals surface area contributed by atoms with Crippen LogP contribution in [-0.2, 0) is 0 Å². The van der Waals surface area contributed by atoms with Crippen molar-refractivity contribution in [2.75, 3.05) is 12.1 Å². The van der Waals surface area contributed by atoms with Gasteiger partial charge < -0.3 is 9.15 Å². The molecule has 0 spiro atoms. The maximum Gasteiger partial charge on any atom is 0.433 e. The van der Waals surface area contributed by atoms with Gasteiger partial charge in [0.05, 0.1) is 29.6 Å². The van der Waals surface area contributed by atoms with Crippen molar-refractivity contribution >= 4 is 44.7 Å². The van der Waals surface area contributed by atoms with E-state index in [9.17, 15) is 19.3 Å². The predicted octanol–water partition coefficient (Wildman–Crippen LogP) is 4.63. The molecule has 9 nitrogen and oxygen atoms in total. The largest absolute Gasteiger partial charge is 0.497 e. The number of methoxy groups -OCH3 is 1. The number of benzene rings is 2. The summed E-state index contributed by atoms with van der Waals surface area (Å²) >= 11 is 1.07. The van der Waals surface area contributed by atoms with Crippen LogP contribution in [0, 0.1) is 15.9 Å². The summed E-state index contributed by atoms with van der Waals surface area (Å²) < 4.78 is 24.3. The number of nitrogens with zero attached hydrogens (tertiary/aromatic N) is 4. The minimum Gasteiger partial charge on any atom is -0.497 e. The van der Waals surface area contributed by atoms with Crippen molar-refractivity contribution in [3.05, 3.63) is 81.9 Å². The highest BCUT2D eigenvalue weighted by Crippen LogP contribution is 2.31. The number of hydrogen-bond acceptors (Lipinski definition) is 8. The Kier molecular flexibility index (Phi) is 5.41. The highest BCUT2D eigenvalue weighted by molar-refractivity contribution is 7.22. The monoisotopic (exact) mass is 440 g/mol. The first-order valence-corrected chi connectivity index (χ1v) is 9.59. The van der Waals surface area contributed by atoms with Crippen LogP contribution in [0.5, 0.6) is 5.75 Å². The zero-order valence-corrected chi connectivity index (χ0v) is 16.7. The number of nitro groups is 1. The van der Waals surface area contributed by atoms with Crippen LogP contribution < -0.4 is 9.75 Å². The molecular formula is C20H13FN4O5S. The summed E-state index contributed by atoms with van der Waals surface area (Å²) in [7, 11) is 1.48. The zero-order chi connectivity index (χ0) is 22.0. The van der Waals surface area contributed by atoms with Crippen molar-refractivity contribution in [1.29, 1.82) is 0 Å². The molecule has 2 aromatic carbocycles. The first-order valence-electron chi connectivity index (χ1n) is 8.77. The van der Waals surface area contributed by atoms with E-state index in [-0.39, 0.29) is 16.5 Å². The van der Waals surface area contributed by atoms with Gasteiger partial charge in [-0.25, -0.2) is 9.37 Å². The summed E-state index contributed by atoms with van der Waals surface area (Å²) in [5, 5.41) is 16.2. The van der Waals surface area contributed by atoms with E-state index >= 15 is 0 Å². The van der Waals surface area contributed by atoms with Crippen molar-refractivity contribution in [3.8, 4) is 5.75 Å². The third-order valence-electron chi connectivity index (χ3n) is 4.12. The Bertz CT molecular complexity index is 1320. The fourth-order valence-corrected chi connectivity index (χ4v) is 3.62. The first kappa shape index (κ1) is 20.2. The molecule has 0 bridgehead atoms. The van der Waals surface area contributed by atoms with E-state index in [4.69, 9.17) is 9.15 Å². The summed E-state index contributed by atoms with van der Waals surface area (Å²) in [6.07, 6.45) is 1.16. The van der Waals surface area contributed by atoms with Crippen LogP contribution in [0.2, 0.25) is 0 Å². The lowest BCUT2D eigenvalue weighted by atomic mass is 10.2. The zero-order valence-electron chi connectivity index (χ0n) is 15.9. The molecule has 0 saturated carbocycles. The van der Waals surface area contributed by atoms with E-state index in [0.29, 0.717) is 16.0 Å². The summed E-state index contributed by atoms with van der Waals surface area (Å²) in [6.45, 7) is 0. The quantitative estimate of drug-likeness (QED) is 0.246. The lowest BCUT2D eigenvalue weighted by Crippen LogP contribution is -2.25.